The average Bonchev–Trinajstić information content (AvgIpc) is 3.30. The van der Waals surface area contributed by atoms with Crippen molar-refractivity contribution in [2.24, 2.45) is 0 Å². The highest BCUT2D eigenvalue weighted by atomic mass is 35.5. The van der Waals surface area contributed by atoms with Crippen molar-refractivity contribution in [1.29, 1.82) is 0 Å². The predicted octanol–water partition coefficient (Wildman–Crippen LogP) is 5.82. The molecule has 1 amide bonds. The number of hydrogen-bond donors (Lipinski definition) is 1. The van der Waals surface area contributed by atoms with Crippen LogP contribution in [0.1, 0.15) is 39.7 Å². The zero-order valence-corrected chi connectivity index (χ0v) is 18.7. The number of ether oxygens (including phenoxy) is 1. The second kappa shape index (κ2) is 9.87. The van der Waals surface area contributed by atoms with Gasteiger partial charge in [0.25, 0.3) is 5.91 Å². The first-order chi connectivity index (χ1) is 15.1. The molecule has 0 bridgehead atoms. The monoisotopic (exact) mass is 489 g/mol. The lowest BCUT2D eigenvalue weighted by atomic mass is 10.2. The van der Waals surface area contributed by atoms with Gasteiger partial charge in [-0.3, -0.25) is 9.48 Å². The quantitative estimate of drug-likeness (QED) is 0.405. The van der Waals surface area contributed by atoms with Crippen molar-refractivity contribution in [2.45, 2.75) is 39.6 Å². The Kier molecular flexibility index (Phi) is 7.40. The molecule has 0 fully saturated rings. The summed E-state index contributed by atoms with van der Waals surface area (Å²) in [5, 5.41) is 6.24. The van der Waals surface area contributed by atoms with Crippen LogP contribution in [0.3, 0.4) is 0 Å². The number of hydrogen-bond acceptors (Lipinski definition) is 4. The standard InChI is InChI=1S/C21H20Cl2F3N3O3/c1-12-5-3-6-15(22)18(12)31-11-14-7-8-16(32-14)20(30)27-9-4-10-29-13(2)17(23)19(28-29)21(24,25)26/h3,5-8H,4,9-11H2,1-2H3,(H,27,30). The SMILES string of the molecule is Cc1cccc(Cl)c1OCc1ccc(C(=O)NCCCn2nc(C(F)(F)F)c(Cl)c2C)o1. The number of nitrogens with zero attached hydrogens (tertiary/aromatic N) is 2. The summed E-state index contributed by atoms with van der Waals surface area (Å²) >= 11 is 11.8. The number of benzene rings is 1. The van der Waals surface area contributed by atoms with Gasteiger partial charge in [-0.05, 0) is 44.0 Å². The van der Waals surface area contributed by atoms with E-state index in [1.807, 2.05) is 19.1 Å². The van der Waals surface area contributed by atoms with E-state index >= 15 is 0 Å². The van der Waals surface area contributed by atoms with Crippen LogP contribution < -0.4 is 10.1 Å². The van der Waals surface area contributed by atoms with E-state index in [0.29, 0.717) is 23.0 Å². The highest BCUT2D eigenvalue weighted by Crippen LogP contribution is 2.35. The smallest absolute Gasteiger partial charge is 0.436 e. The normalized spacial score (nSPS) is 11.6. The van der Waals surface area contributed by atoms with Gasteiger partial charge in [0.15, 0.2) is 11.5 Å². The van der Waals surface area contributed by atoms with E-state index in [1.54, 1.807) is 12.1 Å². The van der Waals surface area contributed by atoms with E-state index in [0.717, 1.165) is 5.56 Å². The van der Waals surface area contributed by atoms with Crippen molar-refractivity contribution in [2.75, 3.05) is 6.54 Å². The minimum absolute atomic E-state index is 0.0946. The van der Waals surface area contributed by atoms with E-state index in [-0.39, 0.29) is 31.2 Å². The Balaban J connectivity index is 1.49. The van der Waals surface area contributed by atoms with Crippen LogP contribution in [0.4, 0.5) is 13.2 Å². The molecule has 0 aliphatic rings. The van der Waals surface area contributed by atoms with Crippen molar-refractivity contribution in [3.05, 3.63) is 68.8 Å². The summed E-state index contributed by atoms with van der Waals surface area (Å²) in [5.74, 6) is 0.628. The number of carbonyl (C=O) groups excluding carboxylic acids is 1. The van der Waals surface area contributed by atoms with Crippen molar-refractivity contribution in [3.63, 3.8) is 0 Å². The van der Waals surface area contributed by atoms with Gasteiger partial charge in [0.05, 0.1) is 15.7 Å². The average molecular weight is 490 g/mol. The fraction of sp³-hybridized carbons (Fsp3) is 0.333. The molecule has 0 unspecified atom stereocenters. The summed E-state index contributed by atoms with van der Waals surface area (Å²) in [5.41, 5.74) is -0.0224. The third-order valence-corrected chi connectivity index (χ3v) is 5.39. The highest BCUT2D eigenvalue weighted by molar-refractivity contribution is 6.32. The molecular formula is C21H20Cl2F3N3O3. The summed E-state index contributed by atoms with van der Waals surface area (Å²) in [6, 6.07) is 8.53. The Morgan fingerprint density at radius 2 is 1.97 bits per heavy atom. The first-order valence-corrected chi connectivity index (χ1v) is 10.4. The summed E-state index contributed by atoms with van der Waals surface area (Å²) in [6.07, 6.45) is -4.27. The van der Waals surface area contributed by atoms with Crippen molar-refractivity contribution >= 4 is 29.1 Å². The molecule has 1 N–H and O–H groups in total. The zero-order chi connectivity index (χ0) is 23.5. The lowest BCUT2D eigenvalue weighted by molar-refractivity contribution is -0.141. The van der Waals surface area contributed by atoms with Gasteiger partial charge in [-0.2, -0.15) is 18.3 Å². The second-order valence-corrected chi connectivity index (χ2v) is 7.80. The molecule has 11 heteroatoms. The topological polar surface area (TPSA) is 69.3 Å². The van der Waals surface area contributed by atoms with Crippen LogP contribution in [0.2, 0.25) is 10.0 Å². The van der Waals surface area contributed by atoms with Crippen LogP contribution in [0, 0.1) is 13.8 Å². The first-order valence-electron chi connectivity index (χ1n) is 9.63. The number of aryl methyl sites for hydroxylation is 2. The molecule has 6 nitrogen and oxygen atoms in total. The number of amides is 1. The van der Waals surface area contributed by atoms with E-state index in [9.17, 15) is 18.0 Å². The van der Waals surface area contributed by atoms with E-state index in [2.05, 4.69) is 10.4 Å². The van der Waals surface area contributed by atoms with Gasteiger partial charge in [-0.15, -0.1) is 0 Å². The molecular weight excluding hydrogens is 470 g/mol. The molecule has 0 atom stereocenters. The Hall–Kier alpha value is -2.65. The summed E-state index contributed by atoms with van der Waals surface area (Å²) in [7, 11) is 0. The molecule has 0 aliphatic heterocycles. The molecule has 0 radical (unpaired) electrons. The number of para-hydroxylation sites is 1. The molecule has 0 aliphatic carbocycles. The molecule has 32 heavy (non-hydrogen) atoms. The maximum atomic E-state index is 12.9. The Morgan fingerprint density at radius 3 is 2.62 bits per heavy atom. The molecule has 2 heterocycles. The molecule has 0 saturated carbocycles. The molecule has 3 aromatic rings. The van der Waals surface area contributed by atoms with Crippen LogP contribution in [-0.2, 0) is 19.3 Å². The van der Waals surface area contributed by atoms with Gasteiger partial charge in [0.2, 0.25) is 0 Å². The van der Waals surface area contributed by atoms with Gasteiger partial charge in [-0.1, -0.05) is 35.3 Å². The van der Waals surface area contributed by atoms with Crippen LogP contribution in [0.5, 0.6) is 5.75 Å². The number of carbonyl (C=O) groups is 1. The van der Waals surface area contributed by atoms with Gasteiger partial charge >= 0.3 is 6.18 Å². The van der Waals surface area contributed by atoms with Gasteiger partial charge < -0.3 is 14.5 Å². The minimum atomic E-state index is -4.62. The van der Waals surface area contributed by atoms with E-state index in [4.69, 9.17) is 32.4 Å². The zero-order valence-electron chi connectivity index (χ0n) is 17.2. The number of nitrogens with one attached hydrogen (secondary N) is 1. The lowest BCUT2D eigenvalue weighted by Crippen LogP contribution is -2.25. The maximum absolute atomic E-state index is 12.9. The number of alkyl halides is 3. The van der Waals surface area contributed by atoms with Crippen LogP contribution in [0.15, 0.2) is 34.7 Å². The van der Waals surface area contributed by atoms with Crippen molar-refractivity contribution < 1.29 is 27.1 Å². The highest BCUT2D eigenvalue weighted by Gasteiger charge is 2.38. The predicted molar refractivity (Wildman–Crippen MR) is 113 cm³/mol. The van der Waals surface area contributed by atoms with E-state index in [1.165, 1.54) is 17.7 Å². The molecule has 172 valence electrons. The number of halogens is 5. The molecule has 2 aromatic heterocycles. The van der Waals surface area contributed by atoms with Gasteiger partial charge in [0, 0.05) is 13.1 Å². The third kappa shape index (κ3) is 5.58. The first kappa shape index (κ1) is 24.0. The number of furan rings is 1. The number of aromatic nitrogens is 2. The maximum Gasteiger partial charge on any atom is 0.436 e. The van der Waals surface area contributed by atoms with Crippen LogP contribution >= 0.6 is 23.2 Å². The van der Waals surface area contributed by atoms with Crippen LogP contribution in [-0.4, -0.2) is 22.2 Å². The second-order valence-electron chi connectivity index (χ2n) is 7.02. The minimum Gasteiger partial charge on any atom is -0.484 e. The van der Waals surface area contributed by atoms with Crippen molar-refractivity contribution in [1.82, 2.24) is 15.1 Å². The molecule has 0 spiro atoms. The largest absolute Gasteiger partial charge is 0.484 e. The molecule has 0 saturated heterocycles. The van der Waals surface area contributed by atoms with Gasteiger partial charge in [-0.25, -0.2) is 0 Å². The van der Waals surface area contributed by atoms with Crippen molar-refractivity contribution in [3.8, 4) is 5.75 Å². The fourth-order valence-corrected chi connectivity index (χ4v) is 3.48. The summed E-state index contributed by atoms with van der Waals surface area (Å²) < 4.78 is 51.0. The van der Waals surface area contributed by atoms with Crippen LogP contribution in [0.25, 0.3) is 0 Å². The van der Waals surface area contributed by atoms with E-state index < -0.39 is 22.8 Å². The Bertz CT molecular complexity index is 1090. The summed E-state index contributed by atoms with van der Waals surface area (Å²) in [4.78, 5) is 12.2. The molecule has 3 rings (SSSR count). The Morgan fingerprint density at radius 1 is 1.22 bits per heavy atom. The third-order valence-electron chi connectivity index (χ3n) is 4.64. The van der Waals surface area contributed by atoms with Gasteiger partial charge in [0.1, 0.15) is 18.1 Å². The molecule has 1 aromatic carbocycles. The Labute approximate surface area is 192 Å². The fourth-order valence-electron chi connectivity index (χ4n) is 2.96. The lowest BCUT2D eigenvalue weighted by Gasteiger charge is -2.09. The number of rotatable bonds is 8. The summed E-state index contributed by atoms with van der Waals surface area (Å²) in [6.45, 7) is 3.79.